The largest absolute Gasteiger partial charge is 0.394 e. The van der Waals surface area contributed by atoms with Gasteiger partial charge in [0, 0.05) is 18.8 Å². The first-order chi connectivity index (χ1) is 9.20. The van der Waals surface area contributed by atoms with Gasteiger partial charge in [-0.15, -0.1) is 0 Å². The van der Waals surface area contributed by atoms with Crippen LogP contribution < -0.4 is 4.90 Å². The van der Waals surface area contributed by atoms with Crippen molar-refractivity contribution in [3.8, 4) is 0 Å². The fourth-order valence-electron chi connectivity index (χ4n) is 1.99. The second-order valence-electron chi connectivity index (χ2n) is 4.72. The van der Waals surface area contributed by atoms with Gasteiger partial charge in [0.25, 0.3) is 0 Å². The Morgan fingerprint density at radius 1 is 1.42 bits per heavy atom. The molecular formula is C15H26N2O2. The number of morpholine rings is 1. The molecule has 19 heavy (non-hydrogen) atoms. The van der Waals surface area contributed by atoms with E-state index >= 15 is 0 Å². The van der Waals surface area contributed by atoms with Gasteiger partial charge in [-0.25, -0.2) is 0 Å². The van der Waals surface area contributed by atoms with Gasteiger partial charge in [-0.1, -0.05) is 27.7 Å². The summed E-state index contributed by atoms with van der Waals surface area (Å²) in [5, 5.41) is 9.11. The Balaban J connectivity index is 0.000000861. The number of aliphatic hydroxyl groups excluding tert-OH is 1. The molecule has 1 N–H and O–H groups in total. The van der Waals surface area contributed by atoms with Gasteiger partial charge in [-0.3, -0.25) is 4.98 Å². The number of pyridine rings is 1. The summed E-state index contributed by atoms with van der Waals surface area (Å²) >= 11 is 0. The number of hydrogen-bond donors (Lipinski definition) is 1. The van der Waals surface area contributed by atoms with Gasteiger partial charge in [0.1, 0.15) is 0 Å². The third-order valence-corrected chi connectivity index (χ3v) is 3.07. The summed E-state index contributed by atoms with van der Waals surface area (Å²) in [6.45, 7) is 10.6. The van der Waals surface area contributed by atoms with E-state index < -0.39 is 0 Å². The third kappa shape index (κ3) is 4.48. The Morgan fingerprint density at radius 2 is 2.16 bits per heavy atom. The summed E-state index contributed by atoms with van der Waals surface area (Å²) in [4.78, 5) is 6.67. The monoisotopic (exact) mass is 266 g/mol. The number of hydrogen-bond acceptors (Lipinski definition) is 4. The van der Waals surface area contributed by atoms with Crippen LogP contribution in [0.25, 0.3) is 0 Å². The van der Waals surface area contributed by atoms with Crippen molar-refractivity contribution in [1.29, 1.82) is 0 Å². The summed E-state index contributed by atoms with van der Waals surface area (Å²) in [5.41, 5.74) is 2.22. The molecule has 0 aromatic carbocycles. The molecule has 108 valence electrons. The maximum absolute atomic E-state index is 9.11. The van der Waals surface area contributed by atoms with Crippen LogP contribution >= 0.6 is 0 Å². The number of anilines is 1. The predicted molar refractivity (Wildman–Crippen MR) is 78.7 cm³/mol. The van der Waals surface area contributed by atoms with Gasteiger partial charge in [0.2, 0.25) is 0 Å². The highest BCUT2D eigenvalue weighted by Crippen LogP contribution is 2.19. The molecule has 0 spiro atoms. The van der Waals surface area contributed by atoms with E-state index in [0.717, 1.165) is 24.5 Å². The van der Waals surface area contributed by atoms with E-state index in [1.165, 1.54) is 0 Å². The minimum absolute atomic E-state index is 0.0754. The van der Waals surface area contributed by atoms with E-state index in [4.69, 9.17) is 9.84 Å². The van der Waals surface area contributed by atoms with E-state index in [9.17, 15) is 0 Å². The zero-order chi connectivity index (χ0) is 14.3. The predicted octanol–water partition coefficient (Wildman–Crippen LogP) is 2.43. The van der Waals surface area contributed by atoms with Crippen LogP contribution in [0.15, 0.2) is 18.3 Å². The lowest BCUT2D eigenvalue weighted by Crippen LogP contribution is -2.44. The number of rotatable bonds is 3. The number of aromatic nitrogens is 1. The van der Waals surface area contributed by atoms with Crippen molar-refractivity contribution in [2.24, 2.45) is 0 Å². The molecule has 0 aliphatic carbocycles. The van der Waals surface area contributed by atoms with Gasteiger partial charge in [-0.2, -0.15) is 0 Å². The fourth-order valence-corrected chi connectivity index (χ4v) is 1.99. The van der Waals surface area contributed by atoms with Gasteiger partial charge >= 0.3 is 0 Å². The van der Waals surface area contributed by atoms with E-state index in [-0.39, 0.29) is 12.7 Å². The number of aliphatic hydroxyl groups is 1. The molecular weight excluding hydrogens is 240 g/mol. The highest BCUT2D eigenvalue weighted by molar-refractivity contribution is 5.45. The zero-order valence-corrected chi connectivity index (χ0v) is 12.5. The molecule has 1 fully saturated rings. The van der Waals surface area contributed by atoms with Gasteiger partial charge in [-0.05, 0) is 18.1 Å². The first kappa shape index (κ1) is 15.9. The second-order valence-corrected chi connectivity index (χ2v) is 4.72. The lowest BCUT2D eigenvalue weighted by Gasteiger charge is -2.33. The fraction of sp³-hybridized carbons (Fsp3) is 0.667. The molecule has 4 heteroatoms. The van der Waals surface area contributed by atoms with Crippen LogP contribution in [0.2, 0.25) is 0 Å². The Kier molecular flexibility index (Phi) is 6.81. The van der Waals surface area contributed by atoms with E-state index in [1.807, 2.05) is 20.0 Å². The quantitative estimate of drug-likeness (QED) is 0.912. The molecule has 1 saturated heterocycles. The smallest absolute Gasteiger partial charge is 0.0980 e. The number of ether oxygens (including phenoxy) is 1. The minimum atomic E-state index is -0.0754. The Morgan fingerprint density at radius 3 is 2.68 bits per heavy atom. The molecule has 1 unspecified atom stereocenters. The molecule has 0 radical (unpaired) electrons. The average molecular weight is 266 g/mol. The zero-order valence-electron chi connectivity index (χ0n) is 12.5. The minimum Gasteiger partial charge on any atom is -0.394 e. The molecule has 2 heterocycles. The first-order valence-corrected chi connectivity index (χ1v) is 7.14. The van der Waals surface area contributed by atoms with Gasteiger partial charge < -0.3 is 14.7 Å². The van der Waals surface area contributed by atoms with Crippen LogP contribution in [0.4, 0.5) is 5.69 Å². The molecule has 2 rings (SSSR count). The molecule has 0 amide bonds. The first-order valence-electron chi connectivity index (χ1n) is 7.14. The highest BCUT2D eigenvalue weighted by atomic mass is 16.5. The van der Waals surface area contributed by atoms with Crippen molar-refractivity contribution in [3.63, 3.8) is 0 Å². The van der Waals surface area contributed by atoms with Crippen LogP contribution in [0.1, 0.15) is 39.3 Å². The van der Waals surface area contributed by atoms with Crippen molar-refractivity contribution >= 4 is 5.69 Å². The van der Waals surface area contributed by atoms with Crippen LogP contribution in [0.3, 0.4) is 0 Å². The van der Waals surface area contributed by atoms with Crippen molar-refractivity contribution < 1.29 is 9.84 Å². The summed E-state index contributed by atoms with van der Waals surface area (Å²) in [6, 6.07) is 4.17. The average Bonchev–Trinajstić information content (AvgIpc) is 2.49. The summed E-state index contributed by atoms with van der Waals surface area (Å²) in [5.74, 6) is 0.457. The van der Waals surface area contributed by atoms with Crippen molar-refractivity contribution in [2.45, 2.75) is 39.7 Å². The van der Waals surface area contributed by atoms with E-state index in [1.54, 1.807) is 0 Å². The SMILES string of the molecule is CC.CC(C)c1ccc(N2CCOC(CO)C2)cn1. The lowest BCUT2D eigenvalue weighted by molar-refractivity contribution is 0.00355. The Labute approximate surface area is 116 Å². The van der Waals surface area contributed by atoms with Crippen molar-refractivity contribution in [2.75, 3.05) is 31.2 Å². The van der Waals surface area contributed by atoms with Gasteiger partial charge in [0.05, 0.1) is 31.2 Å². The van der Waals surface area contributed by atoms with E-state index in [2.05, 4.69) is 35.9 Å². The normalized spacial score (nSPS) is 19.1. The van der Waals surface area contributed by atoms with Crippen LogP contribution in [-0.2, 0) is 4.74 Å². The van der Waals surface area contributed by atoms with Crippen molar-refractivity contribution in [3.05, 3.63) is 24.0 Å². The van der Waals surface area contributed by atoms with Gasteiger partial charge in [0.15, 0.2) is 0 Å². The third-order valence-electron chi connectivity index (χ3n) is 3.07. The Bertz CT molecular complexity index is 352. The molecule has 0 bridgehead atoms. The van der Waals surface area contributed by atoms with Crippen LogP contribution in [0, 0.1) is 0 Å². The summed E-state index contributed by atoms with van der Waals surface area (Å²) < 4.78 is 5.43. The molecule has 1 aliphatic rings. The maximum atomic E-state index is 9.11. The number of nitrogens with zero attached hydrogens (tertiary/aromatic N) is 2. The van der Waals surface area contributed by atoms with Crippen LogP contribution in [0.5, 0.6) is 0 Å². The second kappa shape index (κ2) is 8.12. The molecule has 1 atom stereocenters. The summed E-state index contributed by atoms with van der Waals surface area (Å²) in [7, 11) is 0. The molecule has 4 nitrogen and oxygen atoms in total. The lowest BCUT2D eigenvalue weighted by atomic mass is 10.1. The standard InChI is InChI=1S/C13H20N2O2.C2H6/c1-10(2)13-4-3-11(7-14-13)15-5-6-17-12(8-15)9-16;1-2/h3-4,7,10,12,16H,5-6,8-9H2,1-2H3;1-2H3. The Hall–Kier alpha value is -1.13. The molecule has 1 aromatic heterocycles. The highest BCUT2D eigenvalue weighted by Gasteiger charge is 2.20. The maximum Gasteiger partial charge on any atom is 0.0980 e. The van der Waals surface area contributed by atoms with E-state index in [0.29, 0.717) is 12.5 Å². The van der Waals surface area contributed by atoms with Crippen LogP contribution in [-0.4, -0.2) is 42.5 Å². The molecule has 1 aromatic rings. The van der Waals surface area contributed by atoms with Crippen molar-refractivity contribution in [1.82, 2.24) is 4.98 Å². The molecule has 0 saturated carbocycles. The summed E-state index contributed by atoms with van der Waals surface area (Å²) in [6.07, 6.45) is 1.84. The molecule has 1 aliphatic heterocycles. The topological polar surface area (TPSA) is 45.6 Å².